The van der Waals surface area contributed by atoms with E-state index in [-0.39, 0.29) is 25.8 Å². The van der Waals surface area contributed by atoms with E-state index in [1.165, 1.54) is 12.1 Å². The fraction of sp³-hybridized carbons (Fsp3) is 0. The number of allylic oxidation sites excluding steroid dienone is 1. The lowest BCUT2D eigenvalue weighted by Gasteiger charge is -2.20. The van der Waals surface area contributed by atoms with E-state index in [0.717, 1.165) is 0 Å². The number of Topliss-reactive ketones (excluding diaryl/α,β-unsaturated/α-hetero) is 1. The van der Waals surface area contributed by atoms with Crippen LogP contribution in [0.1, 0.15) is 10.4 Å². The molecule has 0 aliphatic carbocycles. The minimum atomic E-state index is -3.76. The van der Waals surface area contributed by atoms with Gasteiger partial charge in [-0.05, 0) is 40.2 Å². The minimum Gasteiger partial charge on any atom is -0.345 e. The summed E-state index contributed by atoms with van der Waals surface area (Å²) in [4.78, 5) is 12.3. The molecule has 0 bridgehead atoms. The molecule has 0 radical (unpaired) electrons. The topological polar surface area (TPSA) is 63.2 Å². The third-order valence-corrected chi connectivity index (χ3v) is 5.92. The lowest BCUT2D eigenvalue weighted by Crippen LogP contribution is -2.24. The molecular weight excluding hydrogens is 354 g/mol. The summed E-state index contributed by atoms with van der Waals surface area (Å²) in [6.07, 6.45) is 0. The number of rotatable bonds is 2. The summed E-state index contributed by atoms with van der Waals surface area (Å²) < 4.78 is 25.3. The van der Waals surface area contributed by atoms with Crippen molar-refractivity contribution in [3.05, 3.63) is 69.7 Å². The summed E-state index contributed by atoms with van der Waals surface area (Å²) in [5.74, 6) is -0.348. The zero-order valence-electron chi connectivity index (χ0n) is 10.7. The first-order valence-corrected chi connectivity index (χ1v) is 8.40. The molecule has 1 N–H and O–H groups in total. The van der Waals surface area contributed by atoms with E-state index in [4.69, 9.17) is 0 Å². The smallest absolute Gasteiger partial charge is 0.223 e. The zero-order valence-corrected chi connectivity index (χ0v) is 13.1. The predicted molar refractivity (Wildman–Crippen MR) is 84.0 cm³/mol. The molecule has 0 spiro atoms. The van der Waals surface area contributed by atoms with Gasteiger partial charge in [-0.3, -0.25) is 4.79 Å². The van der Waals surface area contributed by atoms with Crippen molar-refractivity contribution in [2.45, 2.75) is 4.90 Å². The lowest BCUT2D eigenvalue weighted by molar-refractivity contribution is 0.103. The summed E-state index contributed by atoms with van der Waals surface area (Å²) in [6.45, 7) is 0. The summed E-state index contributed by atoms with van der Waals surface area (Å²) in [5.41, 5.74) is 0.781. The molecular formula is C15H10BrNO3S. The van der Waals surface area contributed by atoms with E-state index in [1.807, 2.05) is 6.07 Å². The van der Waals surface area contributed by atoms with Crippen LogP contribution in [0.15, 0.2) is 69.0 Å². The van der Waals surface area contributed by atoms with Crippen molar-refractivity contribution in [1.82, 2.24) is 0 Å². The molecule has 0 amide bonds. The first-order valence-electron chi connectivity index (χ1n) is 6.12. The Kier molecular flexibility index (Phi) is 3.43. The molecule has 1 heterocycles. The number of benzene rings is 2. The van der Waals surface area contributed by atoms with Crippen molar-refractivity contribution in [2.24, 2.45) is 0 Å². The molecule has 1 aliphatic heterocycles. The molecule has 0 saturated heterocycles. The number of halogens is 1. The summed E-state index contributed by atoms with van der Waals surface area (Å²) in [7, 11) is -3.76. The van der Waals surface area contributed by atoms with Crippen molar-refractivity contribution >= 4 is 37.2 Å². The van der Waals surface area contributed by atoms with Gasteiger partial charge in [0.2, 0.25) is 15.6 Å². The van der Waals surface area contributed by atoms with Crippen LogP contribution in [-0.4, -0.2) is 14.2 Å². The highest BCUT2D eigenvalue weighted by molar-refractivity contribution is 9.12. The van der Waals surface area contributed by atoms with Crippen LogP contribution < -0.4 is 5.32 Å². The van der Waals surface area contributed by atoms with Crippen LogP contribution >= 0.6 is 15.9 Å². The van der Waals surface area contributed by atoms with Gasteiger partial charge < -0.3 is 5.32 Å². The van der Waals surface area contributed by atoms with Gasteiger partial charge in [-0.2, -0.15) is 0 Å². The highest BCUT2D eigenvalue weighted by Crippen LogP contribution is 2.35. The van der Waals surface area contributed by atoms with Crippen molar-refractivity contribution in [1.29, 1.82) is 0 Å². The number of nitrogens with one attached hydrogen (secondary N) is 1. The van der Waals surface area contributed by atoms with E-state index in [9.17, 15) is 13.2 Å². The number of carbonyl (C=O) groups excluding carboxylic acids is 1. The predicted octanol–water partition coefficient (Wildman–Crippen LogP) is 3.33. The number of fused-ring (bicyclic) bond motifs is 1. The second-order valence-electron chi connectivity index (χ2n) is 4.46. The number of ketones is 1. The minimum absolute atomic E-state index is 0.0186. The third-order valence-electron chi connectivity index (χ3n) is 3.12. The van der Waals surface area contributed by atoms with Crippen LogP contribution in [0.4, 0.5) is 5.69 Å². The SMILES string of the molecule is O=C1C(Br)=C(Nc2ccccc2)S(=O)(=O)c2ccccc21. The molecule has 2 aromatic carbocycles. The Balaban J connectivity index is 2.17. The van der Waals surface area contributed by atoms with E-state index in [1.54, 1.807) is 36.4 Å². The number of para-hydroxylation sites is 1. The lowest BCUT2D eigenvalue weighted by atomic mass is 10.1. The summed E-state index contributed by atoms with van der Waals surface area (Å²) >= 11 is 3.11. The molecule has 0 saturated carbocycles. The van der Waals surface area contributed by atoms with Crippen LogP contribution in [0, 0.1) is 0 Å². The van der Waals surface area contributed by atoms with E-state index >= 15 is 0 Å². The summed E-state index contributed by atoms with van der Waals surface area (Å²) in [6, 6.07) is 15.0. The van der Waals surface area contributed by atoms with Crippen LogP contribution in [0.25, 0.3) is 0 Å². The number of hydrogen-bond acceptors (Lipinski definition) is 4. The van der Waals surface area contributed by atoms with Gasteiger partial charge in [0.25, 0.3) is 0 Å². The number of anilines is 1. The Hall–Kier alpha value is -1.92. The first-order chi connectivity index (χ1) is 10.0. The van der Waals surface area contributed by atoms with Crippen molar-refractivity contribution in [2.75, 3.05) is 5.32 Å². The Morgan fingerprint density at radius 2 is 1.52 bits per heavy atom. The third kappa shape index (κ3) is 2.30. The molecule has 0 aromatic heterocycles. The Labute approximate surface area is 130 Å². The van der Waals surface area contributed by atoms with Gasteiger partial charge in [-0.25, -0.2) is 8.42 Å². The van der Waals surface area contributed by atoms with E-state index < -0.39 is 9.84 Å². The van der Waals surface area contributed by atoms with Gasteiger partial charge >= 0.3 is 0 Å². The molecule has 6 heteroatoms. The maximum absolute atomic E-state index is 12.7. The number of sulfone groups is 1. The average Bonchev–Trinajstić information content (AvgIpc) is 2.51. The highest BCUT2D eigenvalue weighted by atomic mass is 79.9. The second-order valence-corrected chi connectivity index (χ2v) is 7.11. The molecule has 21 heavy (non-hydrogen) atoms. The van der Waals surface area contributed by atoms with Gasteiger partial charge in [0.1, 0.15) is 4.48 Å². The monoisotopic (exact) mass is 363 g/mol. The Morgan fingerprint density at radius 1 is 0.905 bits per heavy atom. The van der Waals surface area contributed by atoms with E-state index in [0.29, 0.717) is 5.69 Å². The van der Waals surface area contributed by atoms with Crippen LogP contribution in [0.5, 0.6) is 0 Å². The normalized spacial score (nSPS) is 16.5. The maximum atomic E-state index is 12.7. The van der Waals surface area contributed by atoms with Crippen molar-refractivity contribution in [3.63, 3.8) is 0 Å². The van der Waals surface area contributed by atoms with Gasteiger partial charge in [0.15, 0.2) is 5.03 Å². The maximum Gasteiger partial charge on any atom is 0.223 e. The molecule has 2 aromatic rings. The quantitative estimate of drug-likeness (QED) is 0.888. The molecule has 1 aliphatic rings. The zero-order chi connectivity index (χ0) is 15.0. The van der Waals surface area contributed by atoms with E-state index in [2.05, 4.69) is 21.2 Å². The molecule has 0 atom stereocenters. The Bertz CT molecular complexity index is 857. The fourth-order valence-electron chi connectivity index (χ4n) is 2.11. The Morgan fingerprint density at radius 3 is 2.24 bits per heavy atom. The molecule has 3 rings (SSSR count). The van der Waals surface area contributed by atoms with Crippen LogP contribution in [0.2, 0.25) is 0 Å². The second kappa shape index (κ2) is 5.13. The van der Waals surface area contributed by atoms with Crippen molar-refractivity contribution in [3.8, 4) is 0 Å². The van der Waals surface area contributed by atoms with Gasteiger partial charge in [0, 0.05) is 11.3 Å². The van der Waals surface area contributed by atoms with Gasteiger partial charge in [-0.1, -0.05) is 30.3 Å². The summed E-state index contributed by atoms with van der Waals surface area (Å²) in [5, 5.41) is 2.69. The standard InChI is InChI=1S/C15H10BrNO3S/c16-13-14(18)11-8-4-5-9-12(11)21(19,20)15(13)17-10-6-2-1-3-7-10/h1-9,17H. The van der Waals surface area contributed by atoms with Crippen LogP contribution in [0.3, 0.4) is 0 Å². The molecule has 0 fully saturated rings. The first kappa shape index (κ1) is 14.0. The van der Waals surface area contributed by atoms with Crippen LogP contribution in [-0.2, 0) is 9.84 Å². The van der Waals surface area contributed by atoms with Crippen molar-refractivity contribution < 1.29 is 13.2 Å². The molecule has 0 unspecified atom stereocenters. The van der Waals surface area contributed by atoms with Gasteiger partial charge in [0.05, 0.1) is 4.90 Å². The van der Waals surface area contributed by atoms with Gasteiger partial charge in [-0.15, -0.1) is 0 Å². The highest BCUT2D eigenvalue weighted by Gasteiger charge is 2.36. The fourth-order valence-corrected chi connectivity index (χ4v) is 4.57. The average molecular weight is 364 g/mol. The molecule has 4 nitrogen and oxygen atoms in total. The number of hydrogen-bond donors (Lipinski definition) is 1. The molecule has 106 valence electrons. The number of carbonyl (C=O) groups is 1. The largest absolute Gasteiger partial charge is 0.345 e.